The van der Waals surface area contributed by atoms with Gasteiger partial charge in [-0.15, -0.1) is 0 Å². The molecule has 5 heterocycles. The van der Waals surface area contributed by atoms with Crippen LogP contribution < -0.4 is 30.3 Å². The fourth-order valence-electron chi connectivity index (χ4n) is 10.4. The lowest BCUT2D eigenvalue weighted by Crippen LogP contribution is -2.49. The van der Waals surface area contributed by atoms with Crippen LogP contribution in [0.25, 0.3) is 10.9 Å². The number of imide groups is 1. The molecule has 0 radical (unpaired) electrons. The molecule has 10 rings (SSSR count). The second-order valence-corrected chi connectivity index (χ2v) is 18.8. The molecule has 4 saturated heterocycles. The van der Waals surface area contributed by atoms with Crippen molar-refractivity contribution in [3.05, 3.63) is 109 Å². The summed E-state index contributed by atoms with van der Waals surface area (Å²) in [5.74, 6) is 0.738. The van der Waals surface area contributed by atoms with Gasteiger partial charge in [0.2, 0.25) is 23.6 Å². The number of piperidine rings is 2. The number of likely N-dealkylation sites (tertiary alicyclic amines) is 2. The minimum atomic E-state index is -1.17. The molecule has 1 unspecified atom stereocenters. The topological polar surface area (TPSA) is 166 Å². The van der Waals surface area contributed by atoms with E-state index in [9.17, 15) is 28.7 Å². The van der Waals surface area contributed by atoms with Gasteiger partial charge in [-0.1, -0.05) is 12.1 Å². The highest BCUT2D eigenvalue weighted by Crippen LogP contribution is 2.48. The van der Waals surface area contributed by atoms with Crippen LogP contribution in [-0.4, -0.2) is 101 Å². The van der Waals surface area contributed by atoms with Crippen molar-refractivity contribution in [1.29, 1.82) is 0 Å². The van der Waals surface area contributed by atoms with Gasteiger partial charge in [0, 0.05) is 74.2 Å². The second kappa shape index (κ2) is 19.0. The van der Waals surface area contributed by atoms with Gasteiger partial charge in [-0.05, 0) is 148 Å². The predicted octanol–water partition coefficient (Wildman–Crippen LogP) is 7.58. The largest absolute Gasteiger partial charge is 0.506 e. The number of pyridine rings is 1. The fraction of sp³-hybridized carbons (Fsp3) is 0.404. The van der Waals surface area contributed by atoms with E-state index in [-0.39, 0.29) is 23.5 Å². The number of carbonyl (C=O) groups excluding carboxylic acids is 4. The molecule has 4 amide bonds. The summed E-state index contributed by atoms with van der Waals surface area (Å²) in [7, 11) is 0. The number of fused-ring (bicyclic) bond motifs is 3. The van der Waals surface area contributed by atoms with Gasteiger partial charge in [0.1, 0.15) is 34.2 Å². The van der Waals surface area contributed by atoms with Crippen LogP contribution in [0.15, 0.2) is 97.2 Å². The number of rotatable bonds is 16. The maximum absolute atomic E-state index is 13.3. The number of unbranched alkanes of at least 4 members (excludes halogenated alkanes) is 1. The number of carbonyl (C=O) groups is 4. The Morgan fingerprint density at radius 1 is 0.821 bits per heavy atom. The van der Waals surface area contributed by atoms with E-state index in [1.807, 2.05) is 30.3 Å². The monoisotopic (exact) mass is 909 g/mol. The van der Waals surface area contributed by atoms with Gasteiger partial charge in [0.15, 0.2) is 0 Å². The van der Waals surface area contributed by atoms with Crippen molar-refractivity contribution in [2.75, 3.05) is 61.4 Å². The zero-order valence-electron chi connectivity index (χ0n) is 37.4. The third-order valence-electron chi connectivity index (χ3n) is 14.4. The Hall–Kier alpha value is -6.58. The van der Waals surface area contributed by atoms with Gasteiger partial charge in [-0.25, -0.2) is 4.39 Å². The number of anilines is 3. The Morgan fingerprint density at radius 3 is 2.16 bits per heavy atom. The van der Waals surface area contributed by atoms with Gasteiger partial charge in [-0.2, -0.15) is 0 Å². The number of phenolic OH excluding ortho intramolecular Hbond substituents is 1. The number of amides is 4. The number of benzene rings is 4. The van der Waals surface area contributed by atoms with Crippen molar-refractivity contribution in [2.24, 2.45) is 11.3 Å². The van der Waals surface area contributed by atoms with Crippen molar-refractivity contribution >= 4 is 51.6 Å². The average molecular weight is 910 g/mol. The molecule has 5 aromatic rings. The van der Waals surface area contributed by atoms with Crippen LogP contribution in [0.4, 0.5) is 21.5 Å². The third kappa shape index (κ3) is 9.80. The Labute approximate surface area is 388 Å². The number of piperazine rings is 1. The number of aromatic nitrogens is 1. The lowest BCUT2D eigenvalue weighted by atomic mass is 9.90. The van der Waals surface area contributed by atoms with Crippen molar-refractivity contribution in [1.82, 2.24) is 20.1 Å². The molecule has 348 valence electrons. The van der Waals surface area contributed by atoms with Gasteiger partial charge < -0.3 is 30.1 Å². The second-order valence-electron chi connectivity index (χ2n) is 18.8. The molecule has 67 heavy (non-hydrogen) atoms. The normalized spacial score (nSPS) is 21.6. The van der Waals surface area contributed by atoms with Crippen molar-refractivity contribution in [2.45, 2.75) is 75.8 Å². The summed E-state index contributed by atoms with van der Waals surface area (Å²) in [6.45, 7) is 6.85. The molecule has 5 fully saturated rings. The lowest BCUT2D eigenvalue weighted by Gasteiger charge is -2.39. The SMILES string of the molecule is O=C1CCC(c2ccc(OCCCCN3C[C@@H]4C[C@H]3CN4CC3CCN(c4cc5nccc(Oc6ccc(NC(=O)C7(C(=O)Nc8ccc(F)cc8)CC7)cc6)c5cc4O)CC3)cc2)C(=O)N1. The van der Waals surface area contributed by atoms with Crippen LogP contribution in [-0.2, 0) is 19.2 Å². The Bertz CT molecular complexity index is 2630. The summed E-state index contributed by atoms with van der Waals surface area (Å²) in [5.41, 5.74) is 2.18. The minimum Gasteiger partial charge on any atom is -0.506 e. The zero-order valence-corrected chi connectivity index (χ0v) is 37.4. The van der Waals surface area contributed by atoms with Gasteiger partial charge in [0.05, 0.1) is 23.7 Å². The van der Waals surface area contributed by atoms with Gasteiger partial charge in [-0.3, -0.25) is 39.3 Å². The summed E-state index contributed by atoms with van der Waals surface area (Å²) >= 11 is 0. The average Bonchev–Trinajstić information content (AvgIpc) is 3.94. The van der Waals surface area contributed by atoms with Crippen LogP contribution in [0.5, 0.6) is 23.0 Å². The Balaban J connectivity index is 0.652. The summed E-state index contributed by atoms with van der Waals surface area (Å²) in [4.78, 5) is 62.1. The molecule has 3 atom stereocenters. The number of phenols is 1. The summed E-state index contributed by atoms with van der Waals surface area (Å²) < 4.78 is 25.6. The molecule has 4 aliphatic heterocycles. The molecule has 0 spiro atoms. The number of nitrogens with zero attached hydrogens (tertiary/aromatic N) is 4. The fourth-order valence-corrected chi connectivity index (χ4v) is 10.4. The molecule has 14 nitrogen and oxygen atoms in total. The molecule has 4 N–H and O–H groups in total. The molecule has 2 bridgehead atoms. The Kier molecular flexibility index (Phi) is 12.5. The molecule has 1 aromatic heterocycles. The third-order valence-corrected chi connectivity index (χ3v) is 14.4. The standard InChI is InChI=1S/C52H56FN7O7/c53-35-5-7-36(8-6-35)55-50(64)52(20-21-52)51(65)56-37-9-13-41(14-10-37)67-47-17-22-54-44-29-45(46(61)28-43(44)47)58-24-18-33(19-25-58)30-60-32-38-27-39(60)31-59(38)23-1-2-26-66-40-11-3-34(4-12-40)42-15-16-48(62)57-49(42)63/h3-14,17,22,28-29,33,38-39,42,61H,1-2,15-16,18-21,23-27,30-32H2,(H,55,64)(H,56,65)(H,57,62,63)/t38-,39-,42?/m0/s1. The molecule has 15 heteroatoms. The number of halogens is 1. The smallest absolute Gasteiger partial charge is 0.240 e. The minimum absolute atomic E-state index is 0.184. The first-order chi connectivity index (χ1) is 32.6. The predicted molar refractivity (Wildman–Crippen MR) is 252 cm³/mol. The van der Waals surface area contributed by atoms with Crippen molar-refractivity contribution in [3.8, 4) is 23.0 Å². The summed E-state index contributed by atoms with van der Waals surface area (Å²) in [6.07, 6.45) is 8.89. The highest BCUT2D eigenvalue weighted by molar-refractivity contribution is 6.17. The van der Waals surface area contributed by atoms with Crippen LogP contribution in [0.3, 0.4) is 0 Å². The highest BCUT2D eigenvalue weighted by atomic mass is 19.1. The summed E-state index contributed by atoms with van der Waals surface area (Å²) in [5, 5.41) is 20.0. The Morgan fingerprint density at radius 2 is 1.49 bits per heavy atom. The van der Waals surface area contributed by atoms with Gasteiger partial charge in [0.25, 0.3) is 0 Å². The summed E-state index contributed by atoms with van der Waals surface area (Å²) in [6, 6.07) is 26.7. The molecule has 1 saturated carbocycles. The number of hydrogen-bond donors (Lipinski definition) is 4. The van der Waals surface area contributed by atoms with Crippen molar-refractivity contribution in [3.63, 3.8) is 0 Å². The molecule has 5 aliphatic rings. The van der Waals surface area contributed by atoms with E-state index in [4.69, 9.17) is 9.47 Å². The number of hydrogen-bond acceptors (Lipinski definition) is 11. The first kappa shape index (κ1) is 44.3. The zero-order chi connectivity index (χ0) is 46.1. The van der Waals surface area contributed by atoms with E-state index in [0.29, 0.717) is 84.1 Å². The first-order valence-electron chi connectivity index (χ1n) is 23.6. The van der Waals surface area contributed by atoms with Crippen LogP contribution in [0.1, 0.15) is 69.3 Å². The maximum atomic E-state index is 13.3. The number of aromatic hydroxyl groups is 1. The van der Waals surface area contributed by atoms with Crippen molar-refractivity contribution < 1.29 is 38.1 Å². The van der Waals surface area contributed by atoms with Crippen LogP contribution in [0, 0.1) is 17.2 Å². The van der Waals surface area contributed by atoms with E-state index < -0.39 is 23.0 Å². The van der Waals surface area contributed by atoms with Crippen LogP contribution in [0.2, 0.25) is 0 Å². The number of ether oxygens (including phenoxy) is 2. The molecule has 1 aliphatic carbocycles. The first-order valence-corrected chi connectivity index (χ1v) is 23.6. The quantitative estimate of drug-likeness (QED) is 0.0438. The lowest BCUT2D eigenvalue weighted by molar-refractivity contribution is -0.134. The van der Waals surface area contributed by atoms with E-state index in [0.717, 1.165) is 82.0 Å². The highest BCUT2D eigenvalue weighted by Gasteiger charge is 2.56. The van der Waals surface area contributed by atoms with Gasteiger partial charge >= 0.3 is 0 Å². The number of nitrogens with one attached hydrogen (secondary N) is 3. The molecule has 4 aromatic carbocycles. The molecular weight excluding hydrogens is 854 g/mol. The van der Waals surface area contributed by atoms with E-state index in [2.05, 4.69) is 35.6 Å². The van der Waals surface area contributed by atoms with E-state index in [1.165, 1.54) is 30.7 Å². The van der Waals surface area contributed by atoms with E-state index in [1.54, 1.807) is 42.6 Å². The molecular formula is C52H56FN7O7. The van der Waals surface area contributed by atoms with E-state index >= 15 is 0 Å². The maximum Gasteiger partial charge on any atom is 0.240 e. The van der Waals surface area contributed by atoms with Crippen LogP contribution >= 0.6 is 0 Å².